The number of ether oxygens (including phenoxy) is 1. The van der Waals surface area contributed by atoms with Crippen LogP contribution in [0.3, 0.4) is 0 Å². The van der Waals surface area contributed by atoms with E-state index in [9.17, 15) is 0 Å². The number of fused-ring (bicyclic) bond motifs is 1. The van der Waals surface area contributed by atoms with Crippen molar-refractivity contribution in [2.24, 2.45) is 5.92 Å². The summed E-state index contributed by atoms with van der Waals surface area (Å²) in [6.45, 7) is 5.54. The highest BCUT2D eigenvalue weighted by molar-refractivity contribution is 5.45. The summed E-state index contributed by atoms with van der Waals surface area (Å²) in [4.78, 5) is 0. The van der Waals surface area contributed by atoms with E-state index < -0.39 is 0 Å². The van der Waals surface area contributed by atoms with E-state index in [0.717, 1.165) is 24.6 Å². The zero-order valence-corrected chi connectivity index (χ0v) is 13.5. The minimum atomic E-state index is 0.438. The van der Waals surface area contributed by atoms with Crippen molar-refractivity contribution >= 4 is 0 Å². The van der Waals surface area contributed by atoms with Crippen LogP contribution >= 0.6 is 0 Å². The molecule has 3 unspecified atom stereocenters. The lowest BCUT2D eigenvalue weighted by Gasteiger charge is -2.29. The van der Waals surface area contributed by atoms with Crippen LogP contribution in [0.4, 0.5) is 0 Å². The first-order valence-electron chi connectivity index (χ1n) is 8.83. The van der Waals surface area contributed by atoms with Crippen LogP contribution in [0.25, 0.3) is 0 Å². The average Bonchev–Trinajstić information content (AvgIpc) is 2.92. The quantitative estimate of drug-likeness (QED) is 0.852. The molecule has 2 aliphatic carbocycles. The third-order valence-corrected chi connectivity index (χ3v) is 5.28. The standard InChI is InChI=1S/C19H29NO/c1-3-14-7-5-8-15(13-14)21-19-10-6-9-16-17(19)11-12-18(16)20-4-2/h6,9-10,14-15,18,20H,3-5,7-8,11-13H2,1-2H3. The molecule has 1 saturated carbocycles. The second-order valence-corrected chi connectivity index (χ2v) is 6.65. The molecule has 0 saturated heterocycles. The van der Waals surface area contributed by atoms with Gasteiger partial charge < -0.3 is 10.1 Å². The highest BCUT2D eigenvalue weighted by Crippen LogP contribution is 2.38. The van der Waals surface area contributed by atoms with Crippen LogP contribution in [0.5, 0.6) is 5.75 Å². The average molecular weight is 287 g/mol. The van der Waals surface area contributed by atoms with Crippen LogP contribution in [0, 0.1) is 5.92 Å². The number of rotatable bonds is 5. The van der Waals surface area contributed by atoms with Gasteiger partial charge in [0.2, 0.25) is 0 Å². The van der Waals surface area contributed by atoms with Gasteiger partial charge in [-0.3, -0.25) is 0 Å². The minimum Gasteiger partial charge on any atom is -0.490 e. The molecule has 1 N–H and O–H groups in total. The molecule has 21 heavy (non-hydrogen) atoms. The molecular formula is C19H29NO. The molecule has 0 aromatic heterocycles. The summed E-state index contributed by atoms with van der Waals surface area (Å²) in [7, 11) is 0. The summed E-state index contributed by atoms with van der Waals surface area (Å²) in [5.74, 6) is 2.03. The maximum atomic E-state index is 6.43. The topological polar surface area (TPSA) is 21.3 Å². The molecule has 0 amide bonds. The van der Waals surface area contributed by atoms with E-state index in [1.807, 2.05) is 0 Å². The zero-order chi connectivity index (χ0) is 14.7. The highest BCUT2D eigenvalue weighted by Gasteiger charge is 2.27. The minimum absolute atomic E-state index is 0.438. The van der Waals surface area contributed by atoms with Crippen LogP contribution in [0.1, 0.15) is 69.5 Å². The number of hydrogen-bond acceptors (Lipinski definition) is 2. The van der Waals surface area contributed by atoms with Crippen LogP contribution in [0.2, 0.25) is 0 Å². The third-order valence-electron chi connectivity index (χ3n) is 5.28. The molecule has 2 nitrogen and oxygen atoms in total. The van der Waals surface area contributed by atoms with Gasteiger partial charge >= 0.3 is 0 Å². The van der Waals surface area contributed by atoms with Crippen molar-refractivity contribution in [2.45, 2.75) is 70.9 Å². The lowest BCUT2D eigenvalue weighted by molar-refractivity contribution is 0.121. The lowest BCUT2D eigenvalue weighted by Crippen LogP contribution is -2.25. The van der Waals surface area contributed by atoms with Gasteiger partial charge in [0.15, 0.2) is 0 Å². The molecular weight excluding hydrogens is 258 g/mol. The normalized spacial score (nSPS) is 28.4. The fourth-order valence-corrected chi connectivity index (χ4v) is 4.09. The van der Waals surface area contributed by atoms with Gasteiger partial charge in [-0.1, -0.05) is 38.8 Å². The molecule has 116 valence electrons. The zero-order valence-electron chi connectivity index (χ0n) is 13.5. The van der Waals surface area contributed by atoms with Crippen molar-refractivity contribution in [3.63, 3.8) is 0 Å². The van der Waals surface area contributed by atoms with Crippen LogP contribution < -0.4 is 10.1 Å². The van der Waals surface area contributed by atoms with Crippen molar-refractivity contribution in [3.05, 3.63) is 29.3 Å². The smallest absolute Gasteiger partial charge is 0.123 e. The molecule has 0 spiro atoms. The Morgan fingerprint density at radius 2 is 2.10 bits per heavy atom. The molecule has 1 aromatic rings. The van der Waals surface area contributed by atoms with E-state index in [1.165, 1.54) is 49.7 Å². The van der Waals surface area contributed by atoms with Crippen LogP contribution in [-0.2, 0) is 6.42 Å². The lowest BCUT2D eigenvalue weighted by atomic mass is 9.85. The van der Waals surface area contributed by atoms with E-state index in [1.54, 1.807) is 0 Å². The molecule has 1 fully saturated rings. The first kappa shape index (κ1) is 14.9. The van der Waals surface area contributed by atoms with Crippen molar-refractivity contribution in [1.29, 1.82) is 0 Å². The van der Waals surface area contributed by atoms with Crippen molar-refractivity contribution in [2.75, 3.05) is 6.54 Å². The fraction of sp³-hybridized carbons (Fsp3) is 0.684. The van der Waals surface area contributed by atoms with E-state index in [-0.39, 0.29) is 0 Å². The van der Waals surface area contributed by atoms with Gasteiger partial charge in [0, 0.05) is 6.04 Å². The molecule has 3 rings (SSSR count). The van der Waals surface area contributed by atoms with Gasteiger partial charge in [-0.2, -0.15) is 0 Å². The molecule has 3 atom stereocenters. The van der Waals surface area contributed by atoms with E-state index in [4.69, 9.17) is 4.74 Å². The Balaban J connectivity index is 1.72. The summed E-state index contributed by atoms with van der Waals surface area (Å²) < 4.78 is 6.43. The molecule has 0 radical (unpaired) electrons. The largest absolute Gasteiger partial charge is 0.490 e. The SMILES string of the molecule is CCNC1CCc2c(OC3CCCC(CC)C3)cccc21. The number of nitrogens with one attached hydrogen (secondary N) is 1. The maximum Gasteiger partial charge on any atom is 0.123 e. The van der Waals surface area contributed by atoms with Gasteiger partial charge in [0.1, 0.15) is 5.75 Å². The summed E-state index contributed by atoms with van der Waals surface area (Å²) >= 11 is 0. The Labute approximate surface area is 129 Å². The van der Waals surface area contributed by atoms with Crippen molar-refractivity contribution in [1.82, 2.24) is 5.32 Å². The van der Waals surface area contributed by atoms with Gasteiger partial charge in [0.25, 0.3) is 0 Å². The van der Waals surface area contributed by atoms with Gasteiger partial charge in [-0.05, 0) is 61.8 Å². The van der Waals surface area contributed by atoms with Gasteiger partial charge in [-0.15, -0.1) is 0 Å². The Kier molecular flexibility index (Phi) is 4.84. The molecule has 0 aliphatic heterocycles. The Morgan fingerprint density at radius 1 is 1.19 bits per heavy atom. The summed E-state index contributed by atoms with van der Waals surface area (Å²) in [6, 6.07) is 7.16. The molecule has 0 heterocycles. The summed E-state index contributed by atoms with van der Waals surface area (Å²) in [6.07, 6.45) is 9.32. The second-order valence-electron chi connectivity index (χ2n) is 6.65. The summed E-state index contributed by atoms with van der Waals surface area (Å²) in [5.41, 5.74) is 2.93. The van der Waals surface area contributed by atoms with Crippen molar-refractivity contribution < 1.29 is 4.74 Å². The van der Waals surface area contributed by atoms with Crippen LogP contribution in [0.15, 0.2) is 18.2 Å². The first-order valence-corrected chi connectivity index (χ1v) is 8.83. The monoisotopic (exact) mass is 287 g/mol. The predicted octanol–water partition coefficient (Wildman–Crippen LogP) is 4.63. The fourth-order valence-electron chi connectivity index (χ4n) is 4.09. The molecule has 1 aromatic carbocycles. The second kappa shape index (κ2) is 6.83. The number of benzene rings is 1. The van der Waals surface area contributed by atoms with E-state index in [2.05, 4.69) is 37.4 Å². The van der Waals surface area contributed by atoms with Crippen molar-refractivity contribution in [3.8, 4) is 5.75 Å². The summed E-state index contributed by atoms with van der Waals surface area (Å²) in [5, 5.41) is 3.59. The molecule has 0 bridgehead atoms. The Morgan fingerprint density at radius 3 is 2.90 bits per heavy atom. The van der Waals surface area contributed by atoms with Crippen LogP contribution in [-0.4, -0.2) is 12.6 Å². The Hall–Kier alpha value is -1.02. The Bertz CT molecular complexity index is 471. The van der Waals surface area contributed by atoms with E-state index in [0.29, 0.717) is 12.1 Å². The number of hydrogen-bond donors (Lipinski definition) is 1. The van der Waals surface area contributed by atoms with E-state index >= 15 is 0 Å². The molecule has 2 heteroatoms. The predicted molar refractivity (Wildman–Crippen MR) is 87.8 cm³/mol. The highest BCUT2D eigenvalue weighted by atomic mass is 16.5. The third kappa shape index (κ3) is 3.26. The first-order chi connectivity index (χ1) is 10.3. The van der Waals surface area contributed by atoms with Gasteiger partial charge in [0.05, 0.1) is 6.10 Å². The van der Waals surface area contributed by atoms with Gasteiger partial charge in [-0.25, -0.2) is 0 Å². The molecule has 2 aliphatic rings. The maximum absolute atomic E-state index is 6.43.